The van der Waals surface area contributed by atoms with Gasteiger partial charge >= 0.3 is 5.69 Å². The minimum Gasteiger partial charge on any atom is -0.378 e. The highest BCUT2D eigenvalue weighted by Crippen LogP contribution is 2.26. The molecular weight excluding hydrogens is 278 g/mol. The average Bonchev–Trinajstić information content (AvgIpc) is 2.95. The summed E-state index contributed by atoms with van der Waals surface area (Å²) in [5.41, 5.74) is -0.640. The summed E-state index contributed by atoms with van der Waals surface area (Å²) in [6.45, 7) is 3.98. The Bertz CT molecular complexity index is 504. The van der Waals surface area contributed by atoms with Crippen molar-refractivity contribution < 1.29 is 14.4 Å². The minimum absolute atomic E-state index is 0.165. The normalized spacial score (nSPS) is 21.2. The molecule has 0 spiro atoms. The number of aromatic nitrogens is 2. The number of hydrogen-bond acceptors (Lipinski definition) is 8. The first kappa shape index (κ1) is 15.4. The van der Waals surface area contributed by atoms with Gasteiger partial charge in [0.1, 0.15) is 11.8 Å². The Labute approximate surface area is 122 Å². The molecule has 1 aromatic heterocycles. The van der Waals surface area contributed by atoms with Crippen LogP contribution in [0.5, 0.6) is 0 Å². The number of nitrogens with zero attached hydrogens (tertiary/aromatic N) is 3. The lowest BCUT2D eigenvalue weighted by molar-refractivity contribution is -0.384. The van der Waals surface area contributed by atoms with Crippen molar-refractivity contribution in [3.05, 3.63) is 16.3 Å². The van der Waals surface area contributed by atoms with Gasteiger partial charge in [-0.3, -0.25) is 10.1 Å². The summed E-state index contributed by atoms with van der Waals surface area (Å²) in [5, 5.41) is 17.0. The second-order valence-corrected chi connectivity index (χ2v) is 4.76. The third-order valence-electron chi connectivity index (χ3n) is 3.38. The van der Waals surface area contributed by atoms with Crippen molar-refractivity contribution in [1.29, 1.82) is 0 Å². The second-order valence-electron chi connectivity index (χ2n) is 4.76. The first-order chi connectivity index (χ1) is 10.1. The van der Waals surface area contributed by atoms with Gasteiger partial charge in [0.25, 0.3) is 0 Å². The zero-order valence-corrected chi connectivity index (χ0v) is 12.1. The molecule has 1 saturated heterocycles. The van der Waals surface area contributed by atoms with Crippen molar-refractivity contribution in [2.45, 2.75) is 18.9 Å². The minimum atomic E-state index is -0.511. The van der Waals surface area contributed by atoms with Crippen LogP contribution in [0.3, 0.4) is 0 Å². The Balaban J connectivity index is 2.16. The van der Waals surface area contributed by atoms with E-state index in [0.29, 0.717) is 32.3 Å². The van der Waals surface area contributed by atoms with Crippen LogP contribution in [0.4, 0.5) is 17.5 Å². The lowest BCUT2D eigenvalue weighted by Gasteiger charge is -2.26. The van der Waals surface area contributed by atoms with Crippen molar-refractivity contribution in [1.82, 2.24) is 9.97 Å². The Kier molecular flexibility index (Phi) is 4.86. The van der Waals surface area contributed by atoms with Crippen LogP contribution in [0.15, 0.2) is 6.20 Å². The summed E-state index contributed by atoms with van der Waals surface area (Å²) in [4.78, 5) is 18.6. The number of rotatable bonds is 7. The Morgan fingerprint density at radius 2 is 2.38 bits per heavy atom. The van der Waals surface area contributed by atoms with E-state index >= 15 is 0 Å². The molecule has 1 atom stereocenters. The van der Waals surface area contributed by atoms with Crippen LogP contribution in [0.2, 0.25) is 0 Å². The van der Waals surface area contributed by atoms with Gasteiger partial charge in [-0.2, -0.15) is 4.98 Å². The zero-order chi connectivity index (χ0) is 15.3. The van der Waals surface area contributed by atoms with Crippen LogP contribution < -0.4 is 10.6 Å². The van der Waals surface area contributed by atoms with E-state index in [1.54, 1.807) is 7.11 Å². The quantitative estimate of drug-likeness (QED) is 0.567. The van der Waals surface area contributed by atoms with E-state index in [-0.39, 0.29) is 11.5 Å². The van der Waals surface area contributed by atoms with Gasteiger partial charge < -0.3 is 20.1 Å². The maximum atomic E-state index is 11.0. The molecule has 9 heteroatoms. The van der Waals surface area contributed by atoms with Gasteiger partial charge in [0.15, 0.2) is 0 Å². The van der Waals surface area contributed by atoms with Gasteiger partial charge in [-0.1, -0.05) is 0 Å². The van der Waals surface area contributed by atoms with Crippen molar-refractivity contribution in [2.75, 3.05) is 44.0 Å². The van der Waals surface area contributed by atoms with Crippen LogP contribution in [-0.4, -0.2) is 53.9 Å². The van der Waals surface area contributed by atoms with Crippen LogP contribution in [-0.2, 0) is 9.47 Å². The van der Waals surface area contributed by atoms with E-state index in [2.05, 4.69) is 20.6 Å². The van der Waals surface area contributed by atoms with E-state index in [4.69, 9.17) is 9.47 Å². The average molecular weight is 297 g/mol. The highest BCUT2D eigenvalue weighted by molar-refractivity contribution is 5.57. The molecule has 1 fully saturated rings. The molecule has 1 unspecified atom stereocenters. The molecule has 0 aliphatic carbocycles. The van der Waals surface area contributed by atoms with Crippen molar-refractivity contribution in [3.8, 4) is 0 Å². The fraction of sp³-hybridized carbons (Fsp3) is 0.667. The summed E-state index contributed by atoms with van der Waals surface area (Å²) in [5.74, 6) is 0.522. The van der Waals surface area contributed by atoms with Crippen LogP contribution in [0, 0.1) is 10.1 Å². The largest absolute Gasteiger partial charge is 0.378 e. The van der Waals surface area contributed by atoms with E-state index in [1.807, 2.05) is 6.92 Å². The molecule has 2 N–H and O–H groups in total. The number of nitrogens with one attached hydrogen (secondary N) is 2. The molecule has 0 saturated carbocycles. The summed E-state index contributed by atoms with van der Waals surface area (Å²) in [6, 6.07) is 0. The Morgan fingerprint density at radius 3 is 2.95 bits per heavy atom. The van der Waals surface area contributed by atoms with Gasteiger partial charge in [0.2, 0.25) is 11.8 Å². The van der Waals surface area contributed by atoms with Crippen molar-refractivity contribution in [3.63, 3.8) is 0 Å². The first-order valence-corrected chi connectivity index (χ1v) is 6.72. The monoisotopic (exact) mass is 297 g/mol. The topological polar surface area (TPSA) is 111 Å². The Morgan fingerprint density at radius 1 is 1.57 bits per heavy atom. The lowest BCUT2D eigenvalue weighted by atomic mass is 10.0. The van der Waals surface area contributed by atoms with Crippen molar-refractivity contribution >= 4 is 17.5 Å². The zero-order valence-electron chi connectivity index (χ0n) is 12.1. The van der Waals surface area contributed by atoms with E-state index in [1.165, 1.54) is 6.20 Å². The molecule has 1 aliphatic rings. The SMILES string of the molecule is CCNc1ncc([N+](=O)[O-])c(NCC2(OC)CCOC2)n1. The predicted molar refractivity (Wildman–Crippen MR) is 76.5 cm³/mol. The smallest absolute Gasteiger partial charge is 0.329 e. The molecule has 0 amide bonds. The number of methoxy groups -OCH3 is 1. The number of ether oxygens (including phenoxy) is 2. The maximum absolute atomic E-state index is 11.0. The van der Waals surface area contributed by atoms with Gasteiger partial charge in [-0.05, 0) is 6.92 Å². The molecular formula is C12H19N5O4. The van der Waals surface area contributed by atoms with Gasteiger partial charge in [-0.15, -0.1) is 0 Å². The molecule has 21 heavy (non-hydrogen) atoms. The summed E-state index contributed by atoms with van der Waals surface area (Å²) in [7, 11) is 1.61. The Hall–Kier alpha value is -2.00. The second kappa shape index (κ2) is 6.64. The molecule has 0 radical (unpaired) electrons. The highest BCUT2D eigenvalue weighted by atomic mass is 16.6. The van der Waals surface area contributed by atoms with Crippen LogP contribution in [0.1, 0.15) is 13.3 Å². The number of anilines is 2. The number of hydrogen-bond donors (Lipinski definition) is 2. The molecule has 0 bridgehead atoms. The van der Waals surface area contributed by atoms with E-state index in [9.17, 15) is 10.1 Å². The fourth-order valence-electron chi connectivity index (χ4n) is 2.09. The maximum Gasteiger partial charge on any atom is 0.329 e. The standard InChI is InChI=1S/C12H19N5O4/c1-3-13-11-14-6-9(17(18)19)10(16-11)15-7-12(20-2)4-5-21-8-12/h6H,3-5,7-8H2,1-2H3,(H2,13,14,15,16). The molecule has 116 valence electrons. The van der Waals surface area contributed by atoms with Gasteiger partial charge in [0.05, 0.1) is 11.5 Å². The molecule has 0 aromatic carbocycles. The van der Waals surface area contributed by atoms with Gasteiger partial charge in [0, 0.05) is 33.2 Å². The third kappa shape index (κ3) is 3.56. The molecule has 2 rings (SSSR count). The molecule has 2 heterocycles. The van der Waals surface area contributed by atoms with Crippen LogP contribution in [0.25, 0.3) is 0 Å². The van der Waals surface area contributed by atoms with E-state index in [0.717, 1.165) is 6.42 Å². The fourth-order valence-corrected chi connectivity index (χ4v) is 2.09. The molecule has 1 aromatic rings. The van der Waals surface area contributed by atoms with E-state index < -0.39 is 10.5 Å². The molecule has 1 aliphatic heterocycles. The predicted octanol–water partition coefficient (Wildman–Crippen LogP) is 1.03. The summed E-state index contributed by atoms with van der Waals surface area (Å²) >= 11 is 0. The summed E-state index contributed by atoms with van der Waals surface area (Å²) in [6.07, 6.45) is 1.92. The molecule has 9 nitrogen and oxygen atoms in total. The van der Waals surface area contributed by atoms with Crippen molar-refractivity contribution in [2.24, 2.45) is 0 Å². The van der Waals surface area contributed by atoms with Crippen LogP contribution >= 0.6 is 0 Å². The van der Waals surface area contributed by atoms with Gasteiger partial charge in [-0.25, -0.2) is 4.98 Å². The highest BCUT2D eigenvalue weighted by Gasteiger charge is 2.35. The number of nitro groups is 1. The first-order valence-electron chi connectivity index (χ1n) is 6.72. The third-order valence-corrected chi connectivity index (χ3v) is 3.38. The lowest BCUT2D eigenvalue weighted by Crippen LogP contribution is -2.39. The summed E-state index contributed by atoms with van der Waals surface area (Å²) < 4.78 is 10.8.